The lowest BCUT2D eigenvalue weighted by atomic mass is 10.2. The molecule has 2 nitrogen and oxygen atoms in total. The van der Waals surface area contributed by atoms with Crippen LogP contribution in [0.3, 0.4) is 0 Å². The normalized spacial score (nSPS) is 11.9. The van der Waals surface area contributed by atoms with Crippen LogP contribution in [0, 0.1) is 0 Å². The first-order chi connectivity index (χ1) is 6.80. The molecule has 0 fully saturated rings. The Labute approximate surface area is 90.5 Å². The van der Waals surface area contributed by atoms with E-state index in [1.807, 2.05) is 0 Å². The Hall–Kier alpha value is -0.970. The lowest BCUT2D eigenvalue weighted by Crippen LogP contribution is -2.16. The predicted octanol–water partition coefficient (Wildman–Crippen LogP) is 3.57. The molecule has 0 bridgehead atoms. The minimum Gasteiger partial charge on any atom is -0.382 e. The maximum absolute atomic E-state index is 12.5. The van der Waals surface area contributed by atoms with Crippen molar-refractivity contribution in [2.75, 3.05) is 5.32 Å². The first kappa shape index (κ1) is 12.1. The van der Waals surface area contributed by atoms with Gasteiger partial charge in [-0.05, 0) is 19.9 Å². The number of nitrogens with one attached hydrogen (secondary N) is 1. The average Bonchev–Trinajstić information content (AvgIpc) is 1.99. The van der Waals surface area contributed by atoms with Crippen molar-refractivity contribution in [2.24, 2.45) is 0 Å². The van der Waals surface area contributed by atoms with Gasteiger partial charge in [-0.3, -0.25) is 0 Å². The fraction of sp³-hybridized carbons (Fsp3) is 0.444. The highest BCUT2D eigenvalue weighted by atomic mass is 35.5. The zero-order chi connectivity index (χ0) is 11.6. The van der Waals surface area contributed by atoms with Gasteiger partial charge in [0.15, 0.2) is 0 Å². The Morgan fingerprint density at radius 2 is 2.00 bits per heavy atom. The molecule has 0 aliphatic rings. The van der Waals surface area contributed by atoms with Gasteiger partial charge in [-0.1, -0.05) is 11.6 Å². The molecule has 1 heterocycles. The van der Waals surface area contributed by atoms with Crippen LogP contribution in [-0.2, 0) is 6.18 Å². The summed E-state index contributed by atoms with van der Waals surface area (Å²) >= 11 is 5.53. The molecule has 1 aromatic heterocycles. The molecule has 0 aromatic carbocycles. The first-order valence-corrected chi connectivity index (χ1v) is 4.68. The van der Waals surface area contributed by atoms with Crippen LogP contribution < -0.4 is 5.32 Å². The largest absolute Gasteiger partial charge is 0.419 e. The first-order valence-electron chi connectivity index (χ1n) is 4.30. The van der Waals surface area contributed by atoms with E-state index in [4.69, 9.17) is 11.6 Å². The van der Waals surface area contributed by atoms with Crippen molar-refractivity contribution >= 4 is 17.3 Å². The SMILES string of the molecule is CC(C)Nc1cc(Cl)ncc1C(F)(F)F. The molecule has 0 saturated heterocycles. The predicted molar refractivity (Wildman–Crippen MR) is 53.0 cm³/mol. The quantitative estimate of drug-likeness (QED) is 0.797. The van der Waals surface area contributed by atoms with Crippen LogP contribution in [0.25, 0.3) is 0 Å². The molecular weight excluding hydrogens is 229 g/mol. The Morgan fingerprint density at radius 3 is 2.47 bits per heavy atom. The van der Waals surface area contributed by atoms with Crippen LogP contribution in [0.2, 0.25) is 5.15 Å². The Balaban J connectivity index is 3.15. The molecule has 1 N–H and O–H groups in total. The number of rotatable bonds is 2. The minimum atomic E-state index is -4.42. The van der Waals surface area contributed by atoms with Gasteiger partial charge in [0.25, 0.3) is 0 Å². The molecule has 0 aliphatic carbocycles. The maximum Gasteiger partial charge on any atom is 0.419 e. The van der Waals surface area contributed by atoms with Crippen molar-refractivity contribution in [1.82, 2.24) is 4.98 Å². The highest BCUT2D eigenvalue weighted by Gasteiger charge is 2.34. The zero-order valence-electron chi connectivity index (χ0n) is 8.19. The van der Waals surface area contributed by atoms with Crippen molar-refractivity contribution in [3.05, 3.63) is 23.0 Å². The smallest absolute Gasteiger partial charge is 0.382 e. The van der Waals surface area contributed by atoms with Gasteiger partial charge in [-0.2, -0.15) is 13.2 Å². The van der Waals surface area contributed by atoms with Crippen LogP contribution in [-0.4, -0.2) is 11.0 Å². The second-order valence-corrected chi connectivity index (χ2v) is 3.74. The van der Waals surface area contributed by atoms with Crippen LogP contribution in [0.1, 0.15) is 19.4 Å². The van der Waals surface area contributed by atoms with Crippen LogP contribution in [0.15, 0.2) is 12.3 Å². The van der Waals surface area contributed by atoms with E-state index >= 15 is 0 Å². The van der Waals surface area contributed by atoms with Crippen molar-refractivity contribution < 1.29 is 13.2 Å². The lowest BCUT2D eigenvalue weighted by Gasteiger charge is -2.16. The monoisotopic (exact) mass is 238 g/mol. The number of anilines is 1. The minimum absolute atomic E-state index is 0.0335. The summed E-state index contributed by atoms with van der Waals surface area (Å²) in [6, 6.07) is 1.06. The third kappa shape index (κ3) is 3.27. The molecule has 0 spiro atoms. The summed E-state index contributed by atoms with van der Waals surface area (Å²) in [4.78, 5) is 3.42. The number of halogens is 4. The fourth-order valence-corrected chi connectivity index (χ4v) is 1.24. The van der Waals surface area contributed by atoms with E-state index in [9.17, 15) is 13.2 Å². The Kier molecular flexibility index (Phi) is 3.44. The molecule has 1 aromatic rings. The van der Waals surface area contributed by atoms with Gasteiger partial charge in [0.1, 0.15) is 5.15 Å². The van der Waals surface area contributed by atoms with Crippen LogP contribution in [0.5, 0.6) is 0 Å². The van der Waals surface area contributed by atoms with Gasteiger partial charge in [0.05, 0.1) is 11.3 Å². The van der Waals surface area contributed by atoms with Gasteiger partial charge in [0.2, 0.25) is 0 Å². The molecule has 0 saturated carbocycles. The molecule has 84 valence electrons. The highest BCUT2D eigenvalue weighted by Crippen LogP contribution is 2.35. The van der Waals surface area contributed by atoms with Crippen molar-refractivity contribution in [2.45, 2.75) is 26.1 Å². The lowest BCUT2D eigenvalue weighted by molar-refractivity contribution is -0.137. The summed E-state index contributed by atoms with van der Waals surface area (Å²) in [6.45, 7) is 3.49. The topological polar surface area (TPSA) is 24.9 Å². The molecule has 1 rings (SSSR count). The number of aromatic nitrogens is 1. The molecule has 0 radical (unpaired) electrons. The molecule has 0 amide bonds. The van der Waals surface area contributed by atoms with E-state index in [0.29, 0.717) is 0 Å². The number of pyridine rings is 1. The van der Waals surface area contributed by atoms with Crippen LogP contribution >= 0.6 is 11.6 Å². The average molecular weight is 239 g/mol. The standard InChI is InChI=1S/C9H10ClF3N2/c1-5(2)15-7-3-8(10)14-4-6(7)9(11,12)13/h3-5H,1-2H3,(H,14,15). The molecule has 0 atom stereocenters. The summed E-state index contributed by atoms with van der Waals surface area (Å²) in [5.41, 5.74) is -0.849. The Bertz CT molecular complexity index is 350. The third-order valence-corrected chi connectivity index (χ3v) is 1.83. The maximum atomic E-state index is 12.5. The van der Waals surface area contributed by atoms with E-state index in [1.54, 1.807) is 13.8 Å². The number of alkyl halides is 3. The summed E-state index contributed by atoms with van der Waals surface area (Å²) in [5, 5.41) is 2.71. The molecule has 0 aliphatic heterocycles. The van der Waals surface area contributed by atoms with Crippen molar-refractivity contribution in [1.29, 1.82) is 0 Å². The molecule has 6 heteroatoms. The molecular formula is C9H10ClF3N2. The summed E-state index contributed by atoms with van der Waals surface area (Å²) < 4.78 is 37.5. The Morgan fingerprint density at radius 1 is 1.40 bits per heavy atom. The van der Waals surface area contributed by atoms with Gasteiger partial charge in [-0.25, -0.2) is 4.98 Å². The van der Waals surface area contributed by atoms with E-state index in [2.05, 4.69) is 10.3 Å². The number of nitrogens with zero attached hydrogens (tertiary/aromatic N) is 1. The molecule has 0 unspecified atom stereocenters. The number of hydrogen-bond donors (Lipinski definition) is 1. The van der Waals surface area contributed by atoms with Gasteiger partial charge in [0, 0.05) is 12.2 Å². The second kappa shape index (κ2) is 4.26. The summed E-state index contributed by atoms with van der Waals surface area (Å²) in [7, 11) is 0. The third-order valence-electron chi connectivity index (χ3n) is 1.62. The van der Waals surface area contributed by atoms with E-state index < -0.39 is 11.7 Å². The number of hydrogen-bond acceptors (Lipinski definition) is 2. The van der Waals surface area contributed by atoms with Crippen LogP contribution in [0.4, 0.5) is 18.9 Å². The fourth-order valence-electron chi connectivity index (χ4n) is 1.09. The van der Waals surface area contributed by atoms with Gasteiger partial charge < -0.3 is 5.32 Å². The van der Waals surface area contributed by atoms with E-state index in [1.165, 1.54) is 6.07 Å². The van der Waals surface area contributed by atoms with Crippen molar-refractivity contribution in [3.8, 4) is 0 Å². The van der Waals surface area contributed by atoms with E-state index in [-0.39, 0.29) is 16.9 Å². The van der Waals surface area contributed by atoms with Gasteiger partial charge >= 0.3 is 6.18 Å². The van der Waals surface area contributed by atoms with E-state index in [0.717, 1.165) is 6.20 Å². The zero-order valence-corrected chi connectivity index (χ0v) is 8.95. The van der Waals surface area contributed by atoms with Crippen molar-refractivity contribution in [3.63, 3.8) is 0 Å². The summed E-state index contributed by atoms with van der Waals surface area (Å²) in [5.74, 6) is 0. The second-order valence-electron chi connectivity index (χ2n) is 3.35. The summed E-state index contributed by atoms with van der Waals surface area (Å²) in [6.07, 6.45) is -3.69. The highest BCUT2D eigenvalue weighted by molar-refractivity contribution is 6.29. The van der Waals surface area contributed by atoms with Gasteiger partial charge in [-0.15, -0.1) is 0 Å². The molecule has 15 heavy (non-hydrogen) atoms.